The maximum atomic E-state index is 14.0. The summed E-state index contributed by atoms with van der Waals surface area (Å²) in [4.78, 5) is 80.4. The lowest BCUT2D eigenvalue weighted by molar-refractivity contribution is -0.155. The molecule has 2 aromatic carbocycles. The van der Waals surface area contributed by atoms with Gasteiger partial charge in [-0.25, -0.2) is 4.79 Å². The topological polar surface area (TPSA) is 187 Å². The standard InChI is InChI=1S/C40H58N4O10S/c1-26(2)37(49)52-29-18-16-28(17-19-29)24-31(43-38(50)54-40(6,7)8)35(47)41-30(21-23-55(10)51)34(46)42-32(25-27-14-12-11-13-15-27)36(48)44(9)22-20-33(45)53-39(3,4)5/h11-19,26,30-32H,20-25H2,1-10H3,(H,41,47)(H,42,46)(H,43,50)/t30-,31+,32+,55?/m1/s1. The van der Waals surface area contributed by atoms with Gasteiger partial charge in [0.05, 0.1) is 12.3 Å². The third-order valence-corrected chi connectivity index (χ3v) is 8.54. The Balaban J connectivity index is 2.36. The van der Waals surface area contributed by atoms with Crippen LogP contribution in [-0.4, -0.2) is 99.8 Å². The van der Waals surface area contributed by atoms with Crippen LogP contribution in [0.2, 0.25) is 0 Å². The second kappa shape index (κ2) is 21.3. The van der Waals surface area contributed by atoms with E-state index in [1.807, 2.05) is 6.07 Å². The summed E-state index contributed by atoms with van der Waals surface area (Å²) in [5.74, 6) is -2.78. The highest BCUT2D eigenvalue weighted by Crippen LogP contribution is 2.17. The Bertz CT molecular complexity index is 1640. The molecule has 4 amide bonds. The normalized spacial score (nSPS) is 13.7. The first-order valence-corrected chi connectivity index (χ1v) is 20.0. The van der Waals surface area contributed by atoms with Crippen LogP contribution in [0.3, 0.4) is 0 Å². The first-order chi connectivity index (χ1) is 25.5. The highest BCUT2D eigenvalue weighted by atomic mass is 32.2. The number of nitrogens with one attached hydrogen (secondary N) is 3. The third kappa shape index (κ3) is 18.4. The van der Waals surface area contributed by atoms with Gasteiger partial charge in [-0.05, 0) is 71.2 Å². The van der Waals surface area contributed by atoms with Crippen molar-refractivity contribution in [1.29, 1.82) is 0 Å². The Labute approximate surface area is 327 Å². The van der Waals surface area contributed by atoms with E-state index < -0.39 is 75.9 Å². The molecule has 0 heterocycles. The number of amides is 4. The van der Waals surface area contributed by atoms with E-state index in [-0.39, 0.29) is 43.9 Å². The highest BCUT2D eigenvalue weighted by Gasteiger charge is 2.32. The van der Waals surface area contributed by atoms with Gasteiger partial charge in [0, 0.05) is 49.2 Å². The summed E-state index contributed by atoms with van der Waals surface area (Å²) in [5, 5.41) is 8.06. The molecule has 0 aliphatic rings. The fraction of sp³-hybridized carbons (Fsp3) is 0.550. The Kier molecular flexibility index (Phi) is 18.0. The van der Waals surface area contributed by atoms with Crippen LogP contribution in [0.1, 0.15) is 79.4 Å². The van der Waals surface area contributed by atoms with Gasteiger partial charge in [-0.15, -0.1) is 0 Å². The molecule has 15 heteroatoms. The fourth-order valence-corrected chi connectivity index (χ4v) is 5.56. The van der Waals surface area contributed by atoms with Crippen molar-refractivity contribution in [3.05, 3.63) is 65.7 Å². The largest absolute Gasteiger partial charge is 0.460 e. The predicted octanol–water partition coefficient (Wildman–Crippen LogP) is 3.85. The Morgan fingerprint density at radius 1 is 0.727 bits per heavy atom. The molecule has 304 valence electrons. The van der Waals surface area contributed by atoms with Crippen molar-refractivity contribution in [3.63, 3.8) is 0 Å². The van der Waals surface area contributed by atoms with Crippen LogP contribution in [-0.2, 0) is 57.1 Å². The summed E-state index contributed by atoms with van der Waals surface area (Å²) in [6.07, 6.45) is 0.561. The lowest BCUT2D eigenvalue weighted by Crippen LogP contribution is -2.58. The van der Waals surface area contributed by atoms with E-state index in [9.17, 15) is 33.0 Å². The van der Waals surface area contributed by atoms with Gasteiger partial charge in [-0.1, -0.05) is 56.3 Å². The van der Waals surface area contributed by atoms with Crippen molar-refractivity contribution in [2.45, 2.75) is 110 Å². The molecule has 2 aromatic rings. The van der Waals surface area contributed by atoms with Crippen LogP contribution in [0.25, 0.3) is 0 Å². The molecule has 0 saturated carbocycles. The highest BCUT2D eigenvalue weighted by molar-refractivity contribution is 7.84. The van der Waals surface area contributed by atoms with Gasteiger partial charge in [0.25, 0.3) is 0 Å². The van der Waals surface area contributed by atoms with Crippen LogP contribution in [0.15, 0.2) is 54.6 Å². The van der Waals surface area contributed by atoms with E-state index in [0.29, 0.717) is 11.3 Å². The number of benzene rings is 2. The number of alkyl carbamates (subject to hydrolysis) is 1. The number of esters is 2. The molecule has 0 aromatic heterocycles. The van der Waals surface area contributed by atoms with Crippen LogP contribution >= 0.6 is 0 Å². The van der Waals surface area contributed by atoms with E-state index in [1.165, 1.54) is 18.2 Å². The van der Waals surface area contributed by atoms with Crippen molar-refractivity contribution >= 4 is 46.6 Å². The monoisotopic (exact) mass is 786 g/mol. The average molecular weight is 787 g/mol. The summed E-state index contributed by atoms with van der Waals surface area (Å²) >= 11 is 0. The number of ether oxygens (including phenoxy) is 3. The third-order valence-electron chi connectivity index (χ3n) is 7.73. The molecular formula is C40H58N4O10S. The minimum absolute atomic E-state index is 0.0308. The fourth-order valence-electron chi connectivity index (χ4n) is 5.00. The predicted molar refractivity (Wildman–Crippen MR) is 209 cm³/mol. The smallest absolute Gasteiger partial charge is 0.408 e. The molecule has 0 aliphatic carbocycles. The molecular weight excluding hydrogens is 729 g/mol. The van der Waals surface area contributed by atoms with E-state index in [2.05, 4.69) is 16.0 Å². The summed E-state index contributed by atoms with van der Waals surface area (Å²) < 4.78 is 28.3. The molecule has 0 radical (unpaired) electrons. The average Bonchev–Trinajstić information content (AvgIpc) is 3.07. The van der Waals surface area contributed by atoms with Gasteiger partial charge in [-0.3, -0.25) is 28.2 Å². The SMILES string of the molecule is CC(C)C(=O)Oc1ccc(C[C@H](NC(=O)OC(C)(C)C)C(=O)N[C@H](CCS(C)=O)C(=O)N[C@@H](Cc2ccccc2)C(=O)N(C)CCC(=O)OC(C)(C)C)cc1. The van der Waals surface area contributed by atoms with E-state index in [4.69, 9.17) is 14.2 Å². The minimum atomic E-state index is -1.34. The number of carbonyl (C=O) groups excluding carboxylic acids is 6. The van der Waals surface area contributed by atoms with E-state index in [1.54, 1.807) is 104 Å². The van der Waals surface area contributed by atoms with Crippen LogP contribution < -0.4 is 20.7 Å². The Morgan fingerprint density at radius 2 is 1.25 bits per heavy atom. The second-order valence-electron chi connectivity index (χ2n) is 15.6. The van der Waals surface area contributed by atoms with Crippen molar-refractivity contribution in [1.82, 2.24) is 20.9 Å². The van der Waals surface area contributed by atoms with Crippen LogP contribution in [0.5, 0.6) is 5.75 Å². The molecule has 0 aliphatic heterocycles. The summed E-state index contributed by atoms with van der Waals surface area (Å²) in [5.41, 5.74) is -0.218. The van der Waals surface area contributed by atoms with Crippen LogP contribution in [0, 0.1) is 5.92 Å². The van der Waals surface area contributed by atoms with E-state index in [0.717, 1.165) is 5.56 Å². The summed E-state index contributed by atoms with van der Waals surface area (Å²) in [6, 6.07) is 11.9. The number of hydrogen-bond donors (Lipinski definition) is 3. The zero-order valence-electron chi connectivity index (χ0n) is 33.7. The van der Waals surface area contributed by atoms with Gasteiger partial charge in [0.2, 0.25) is 17.7 Å². The van der Waals surface area contributed by atoms with Gasteiger partial charge in [-0.2, -0.15) is 0 Å². The quantitative estimate of drug-likeness (QED) is 0.148. The number of hydrogen-bond acceptors (Lipinski definition) is 10. The maximum Gasteiger partial charge on any atom is 0.408 e. The molecule has 2 rings (SSSR count). The summed E-state index contributed by atoms with van der Waals surface area (Å²) in [6.45, 7) is 13.7. The molecule has 14 nitrogen and oxygen atoms in total. The first kappa shape index (κ1) is 46.4. The number of likely N-dealkylation sites (N-methyl/N-ethyl adjacent to an activating group) is 1. The lowest BCUT2D eigenvalue weighted by atomic mass is 10.0. The van der Waals surface area contributed by atoms with Crippen molar-refractivity contribution in [2.24, 2.45) is 5.92 Å². The van der Waals surface area contributed by atoms with Gasteiger partial charge < -0.3 is 35.1 Å². The molecule has 0 spiro atoms. The Hall–Kier alpha value is -4.79. The molecule has 3 N–H and O–H groups in total. The van der Waals surface area contributed by atoms with Gasteiger partial charge in [0.1, 0.15) is 35.1 Å². The Morgan fingerprint density at radius 3 is 1.80 bits per heavy atom. The minimum Gasteiger partial charge on any atom is -0.460 e. The second-order valence-corrected chi connectivity index (χ2v) is 17.2. The van der Waals surface area contributed by atoms with Crippen molar-refractivity contribution in [3.8, 4) is 5.75 Å². The first-order valence-electron chi connectivity index (χ1n) is 18.2. The molecule has 1 unspecified atom stereocenters. The van der Waals surface area contributed by atoms with Gasteiger partial charge >= 0.3 is 18.0 Å². The molecule has 0 fully saturated rings. The molecule has 0 bridgehead atoms. The molecule has 55 heavy (non-hydrogen) atoms. The summed E-state index contributed by atoms with van der Waals surface area (Å²) in [7, 11) is 0.177. The molecule has 0 saturated heterocycles. The molecule has 4 atom stereocenters. The van der Waals surface area contributed by atoms with Crippen molar-refractivity contribution in [2.75, 3.05) is 25.6 Å². The zero-order valence-corrected chi connectivity index (χ0v) is 34.5. The maximum absolute atomic E-state index is 14.0. The number of rotatable bonds is 18. The van der Waals surface area contributed by atoms with Crippen molar-refractivity contribution < 1.29 is 47.2 Å². The number of nitrogens with zero attached hydrogens (tertiary/aromatic N) is 1. The zero-order chi connectivity index (χ0) is 41.5. The van der Waals surface area contributed by atoms with Gasteiger partial charge in [0.15, 0.2) is 0 Å². The lowest BCUT2D eigenvalue weighted by Gasteiger charge is -2.28. The van der Waals surface area contributed by atoms with E-state index >= 15 is 0 Å². The number of carbonyl (C=O) groups is 6. The van der Waals surface area contributed by atoms with Crippen LogP contribution in [0.4, 0.5) is 4.79 Å².